The van der Waals surface area contributed by atoms with E-state index in [0.717, 1.165) is 17.0 Å². The molecule has 2 aliphatic rings. The Balaban J connectivity index is 1.34. The van der Waals surface area contributed by atoms with E-state index in [1.165, 1.54) is 0 Å². The highest BCUT2D eigenvalue weighted by molar-refractivity contribution is 5.94. The van der Waals surface area contributed by atoms with Gasteiger partial charge in [-0.3, -0.25) is 4.79 Å². The number of nitrogens with zero attached hydrogens (tertiary/aromatic N) is 5. The number of nitriles is 1. The van der Waals surface area contributed by atoms with Crippen LogP contribution in [0.2, 0.25) is 0 Å². The van der Waals surface area contributed by atoms with Crippen LogP contribution in [-0.4, -0.2) is 37.7 Å². The maximum Gasteiger partial charge on any atom is 0.254 e. The maximum atomic E-state index is 13.4. The molecular formula is C23H16N6O4. The number of aromatic amines is 1. The van der Waals surface area contributed by atoms with Crippen LogP contribution in [0.25, 0.3) is 11.4 Å². The summed E-state index contributed by atoms with van der Waals surface area (Å²) < 4.78 is 16.4. The van der Waals surface area contributed by atoms with Gasteiger partial charge in [0.25, 0.3) is 5.91 Å². The number of aromatic nitrogens is 4. The van der Waals surface area contributed by atoms with Crippen molar-refractivity contribution in [1.29, 1.82) is 5.26 Å². The van der Waals surface area contributed by atoms with E-state index in [-0.39, 0.29) is 12.7 Å². The largest absolute Gasteiger partial charge is 0.454 e. The molecule has 0 spiro atoms. The lowest BCUT2D eigenvalue weighted by molar-refractivity contribution is 0.0590. The van der Waals surface area contributed by atoms with Crippen molar-refractivity contribution < 1.29 is 18.8 Å². The quantitative estimate of drug-likeness (QED) is 0.515. The SMILES string of the molecule is N#Cc1ccc(C(=O)N2Cc3[nH]cnc3CC2c2nc(-c3ccc4c(c3)OCO4)no2)cc1. The van der Waals surface area contributed by atoms with Crippen LogP contribution in [0.15, 0.2) is 53.3 Å². The van der Waals surface area contributed by atoms with Gasteiger partial charge < -0.3 is 23.9 Å². The van der Waals surface area contributed by atoms with Crippen LogP contribution in [0, 0.1) is 11.3 Å². The van der Waals surface area contributed by atoms with E-state index < -0.39 is 6.04 Å². The van der Waals surface area contributed by atoms with Crippen LogP contribution < -0.4 is 9.47 Å². The van der Waals surface area contributed by atoms with Crippen molar-refractivity contribution in [3.05, 3.63) is 77.2 Å². The Morgan fingerprint density at radius 3 is 2.85 bits per heavy atom. The van der Waals surface area contributed by atoms with Crippen molar-refractivity contribution in [2.45, 2.75) is 19.0 Å². The fraction of sp³-hybridized carbons (Fsp3) is 0.174. The molecule has 10 nitrogen and oxygen atoms in total. The van der Waals surface area contributed by atoms with E-state index in [2.05, 4.69) is 26.2 Å². The number of nitrogens with one attached hydrogen (secondary N) is 1. The average molecular weight is 440 g/mol. The van der Waals surface area contributed by atoms with E-state index in [1.54, 1.807) is 47.6 Å². The zero-order chi connectivity index (χ0) is 22.4. The highest BCUT2D eigenvalue weighted by Crippen LogP contribution is 2.37. The number of hydrogen-bond acceptors (Lipinski definition) is 8. The van der Waals surface area contributed by atoms with E-state index in [1.807, 2.05) is 6.07 Å². The van der Waals surface area contributed by atoms with Gasteiger partial charge in [0.15, 0.2) is 11.5 Å². The summed E-state index contributed by atoms with van der Waals surface area (Å²) in [7, 11) is 0. The Hall–Kier alpha value is -4.65. The minimum atomic E-state index is -0.487. The molecule has 1 atom stereocenters. The van der Waals surface area contributed by atoms with Gasteiger partial charge in [0.2, 0.25) is 18.5 Å². The van der Waals surface area contributed by atoms with Crippen molar-refractivity contribution >= 4 is 5.91 Å². The number of carbonyl (C=O) groups is 1. The number of rotatable bonds is 3. The van der Waals surface area contributed by atoms with Gasteiger partial charge in [-0.05, 0) is 42.5 Å². The smallest absolute Gasteiger partial charge is 0.254 e. The Morgan fingerprint density at radius 2 is 2.00 bits per heavy atom. The molecule has 1 unspecified atom stereocenters. The van der Waals surface area contributed by atoms with Crippen LogP contribution in [0.4, 0.5) is 0 Å². The standard InChI is InChI=1S/C23H16N6O4/c24-9-13-1-3-14(4-2-13)23(30)29-10-17-16(25-11-26-17)8-18(29)22-27-21(28-33-22)15-5-6-19-20(7-15)32-12-31-19/h1-7,11,18H,8,10,12H2,(H,25,26). The summed E-state index contributed by atoms with van der Waals surface area (Å²) in [4.78, 5) is 27.2. The molecule has 1 N–H and O–H groups in total. The molecule has 4 heterocycles. The highest BCUT2D eigenvalue weighted by atomic mass is 16.7. The molecular weight excluding hydrogens is 424 g/mol. The van der Waals surface area contributed by atoms with Gasteiger partial charge in [-0.15, -0.1) is 0 Å². The van der Waals surface area contributed by atoms with Crippen molar-refractivity contribution in [2.75, 3.05) is 6.79 Å². The third-order valence-corrected chi connectivity index (χ3v) is 5.78. The summed E-state index contributed by atoms with van der Waals surface area (Å²) in [6, 6.07) is 13.5. The van der Waals surface area contributed by atoms with Gasteiger partial charge in [-0.25, -0.2) is 4.98 Å². The number of amides is 1. The zero-order valence-electron chi connectivity index (χ0n) is 17.2. The minimum absolute atomic E-state index is 0.177. The van der Waals surface area contributed by atoms with Crippen molar-refractivity contribution in [2.24, 2.45) is 0 Å². The first-order valence-electron chi connectivity index (χ1n) is 10.3. The summed E-state index contributed by atoms with van der Waals surface area (Å²) in [5.41, 5.74) is 3.39. The molecule has 1 amide bonds. The second-order valence-corrected chi connectivity index (χ2v) is 7.69. The molecule has 0 fully saturated rings. The van der Waals surface area contributed by atoms with Crippen molar-refractivity contribution in [3.63, 3.8) is 0 Å². The fourth-order valence-corrected chi connectivity index (χ4v) is 4.05. The first kappa shape index (κ1) is 19.1. The number of fused-ring (bicyclic) bond motifs is 2. The van der Waals surface area contributed by atoms with Crippen LogP contribution in [0.1, 0.15) is 39.2 Å². The molecule has 0 aliphatic carbocycles. The molecule has 2 aliphatic heterocycles. The van der Waals surface area contributed by atoms with Gasteiger partial charge in [-0.1, -0.05) is 5.16 Å². The molecule has 2 aromatic carbocycles. The summed E-state index contributed by atoms with van der Waals surface area (Å²) in [6.07, 6.45) is 2.05. The molecule has 0 saturated heterocycles. The van der Waals surface area contributed by atoms with E-state index in [0.29, 0.717) is 47.3 Å². The Kier molecular flexibility index (Phi) is 4.33. The lowest BCUT2D eigenvalue weighted by atomic mass is 10.0. The number of benzene rings is 2. The summed E-state index contributed by atoms with van der Waals surface area (Å²) >= 11 is 0. The normalized spacial score (nSPS) is 16.3. The van der Waals surface area contributed by atoms with Gasteiger partial charge >= 0.3 is 0 Å². The predicted octanol–water partition coefficient (Wildman–Crippen LogP) is 3.00. The van der Waals surface area contributed by atoms with E-state index in [4.69, 9.17) is 19.3 Å². The molecule has 33 heavy (non-hydrogen) atoms. The molecule has 2 aromatic heterocycles. The predicted molar refractivity (Wildman–Crippen MR) is 112 cm³/mol. The van der Waals surface area contributed by atoms with E-state index in [9.17, 15) is 4.79 Å². The summed E-state index contributed by atoms with van der Waals surface area (Å²) in [5, 5.41) is 13.2. The number of hydrogen-bond donors (Lipinski definition) is 1. The van der Waals surface area contributed by atoms with Crippen LogP contribution in [0.3, 0.4) is 0 Å². The van der Waals surface area contributed by atoms with E-state index >= 15 is 0 Å². The third kappa shape index (κ3) is 3.27. The lowest BCUT2D eigenvalue weighted by Crippen LogP contribution is -2.39. The minimum Gasteiger partial charge on any atom is -0.454 e. The zero-order valence-corrected chi connectivity index (χ0v) is 17.2. The third-order valence-electron chi connectivity index (χ3n) is 5.78. The molecule has 4 aromatic rings. The molecule has 0 bridgehead atoms. The first-order chi connectivity index (χ1) is 16.2. The van der Waals surface area contributed by atoms with Gasteiger partial charge in [-0.2, -0.15) is 10.2 Å². The average Bonchev–Trinajstić information content (AvgIpc) is 3.62. The van der Waals surface area contributed by atoms with Gasteiger partial charge in [0.1, 0.15) is 6.04 Å². The Labute approximate surface area is 187 Å². The molecule has 6 rings (SSSR count). The fourth-order valence-electron chi connectivity index (χ4n) is 4.05. The molecule has 0 saturated carbocycles. The summed E-state index contributed by atoms with van der Waals surface area (Å²) in [6.45, 7) is 0.497. The monoisotopic (exact) mass is 440 g/mol. The lowest BCUT2D eigenvalue weighted by Gasteiger charge is -2.32. The number of H-pyrrole nitrogens is 1. The van der Waals surface area contributed by atoms with Crippen LogP contribution >= 0.6 is 0 Å². The number of imidazole rings is 1. The molecule has 10 heteroatoms. The summed E-state index contributed by atoms with van der Waals surface area (Å²) in [5.74, 6) is 1.79. The van der Waals surface area contributed by atoms with Gasteiger partial charge in [0, 0.05) is 17.5 Å². The Bertz CT molecular complexity index is 1400. The maximum absolute atomic E-state index is 13.4. The number of carbonyl (C=O) groups excluding carboxylic acids is 1. The second-order valence-electron chi connectivity index (χ2n) is 7.69. The topological polar surface area (TPSA) is 130 Å². The van der Waals surface area contributed by atoms with Crippen LogP contribution in [0.5, 0.6) is 11.5 Å². The number of ether oxygens (including phenoxy) is 2. The Morgan fingerprint density at radius 1 is 1.15 bits per heavy atom. The van der Waals surface area contributed by atoms with Gasteiger partial charge in [0.05, 0.1) is 35.9 Å². The first-order valence-corrected chi connectivity index (χ1v) is 10.3. The second kappa shape index (κ2) is 7.49. The van der Waals surface area contributed by atoms with Crippen molar-refractivity contribution in [3.8, 4) is 29.0 Å². The van der Waals surface area contributed by atoms with Crippen molar-refractivity contribution in [1.82, 2.24) is 25.0 Å². The molecule has 0 radical (unpaired) electrons. The van der Waals surface area contributed by atoms with Crippen LogP contribution in [-0.2, 0) is 13.0 Å². The highest BCUT2D eigenvalue weighted by Gasteiger charge is 2.36. The molecule has 162 valence electrons.